The minimum Gasteiger partial charge on any atom is -0.368 e. The van der Waals surface area contributed by atoms with Crippen molar-refractivity contribution in [3.63, 3.8) is 0 Å². The first-order valence-corrected chi connectivity index (χ1v) is 7.79. The van der Waals surface area contributed by atoms with E-state index in [1.165, 1.54) is 24.1 Å². The Bertz CT molecular complexity index is 592. The molecule has 2 aromatic rings. The molecule has 2 heterocycles. The summed E-state index contributed by atoms with van der Waals surface area (Å²) in [4.78, 5) is 11.1. The molecule has 0 spiro atoms. The Morgan fingerprint density at radius 3 is 2.95 bits per heavy atom. The summed E-state index contributed by atoms with van der Waals surface area (Å²) in [6, 6.07) is 2.72. The lowest BCUT2D eigenvalue weighted by molar-refractivity contribution is 0.602. The molecule has 2 unspecified atom stereocenters. The molecular weight excluding hydrogens is 256 g/mol. The summed E-state index contributed by atoms with van der Waals surface area (Å²) in [5.74, 6) is 2.09. The summed E-state index contributed by atoms with van der Waals surface area (Å²) in [5, 5.41) is 4.69. The fourth-order valence-electron chi connectivity index (χ4n) is 2.80. The van der Waals surface area contributed by atoms with Crippen LogP contribution in [0.5, 0.6) is 0 Å². The van der Waals surface area contributed by atoms with E-state index in [4.69, 9.17) is 5.73 Å². The fourth-order valence-corrected chi connectivity index (χ4v) is 3.78. The maximum atomic E-state index is 5.82. The Kier molecular flexibility index (Phi) is 3.31. The molecule has 3 rings (SSSR count). The number of fused-ring (bicyclic) bond motifs is 1. The molecule has 2 atom stereocenters. The van der Waals surface area contributed by atoms with Gasteiger partial charge in [-0.3, -0.25) is 0 Å². The van der Waals surface area contributed by atoms with Gasteiger partial charge >= 0.3 is 0 Å². The number of nitrogens with one attached hydrogen (secondary N) is 1. The van der Waals surface area contributed by atoms with Crippen LogP contribution >= 0.6 is 11.3 Å². The molecule has 3 N–H and O–H groups in total. The van der Waals surface area contributed by atoms with Gasteiger partial charge in [0.15, 0.2) is 0 Å². The molecule has 0 aliphatic heterocycles. The highest BCUT2D eigenvalue weighted by molar-refractivity contribution is 7.18. The number of nitrogen functional groups attached to an aromatic ring is 1. The molecule has 1 aliphatic carbocycles. The van der Waals surface area contributed by atoms with E-state index in [0.29, 0.717) is 12.0 Å². The van der Waals surface area contributed by atoms with E-state index in [9.17, 15) is 0 Å². The van der Waals surface area contributed by atoms with E-state index in [-0.39, 0.29) is 0 Å². The molecule has 1 saturated carbocycles. The number of nitrogens with two attached hydrogens (primary N) is 1. The van der Waals surface area contributed by atoms with Crippen molar-refractivity contribution in [1.29, 1.82) is 0 Å². The van der Waals surface area contributed by atoms with Gasteiger partial charge in [0, 0.05) is 10.9 Å². The summed E-state index contributed by atoms with van der Waals surface area (Å²) in [7, 11) is 0. The first kappa shape index (κ1) is 12.7. The monoisotopic (exact) mass is 276 g/mol. The number of rotatable bonds is 3. The number of hydrogen-bond acceptors (Lipinski definition) is 5. The molecule has 0 saturated heterocycles. The van der Waals surface area contributed by atoms with Crippen molar-refractivity contribution in [3.05, 3.63) is 10.9 Å². The van der Waals surface area contributed by atoms with Gasteiger partial charge in [-0.15, -0.1) is 11.3 Å². The van der Waals surface area contributed by atoms with Crippen molar-refractivity contribution in [1.82, 2.24) is 9.97 Å². The molecule has 4 nitrogen and oxygen atoms in total. The van der Waals surface area contributed by atoms with Crippen LogP contribution in [0.25, 0.3) is 10.2 Å². The third-order valence-corrected chi connectivity index (χ3v) is 5.02. The number of aryl methyl sites for hydroxylation is 1. The number of thiophene rings is 1. The normalized spacial score (nSPS) is 23.1. The third-order valence-electron chi connectivity index (χ3n) is 3.85. The highest BCUT2D eigenvalue weighted by Gasteiger charge is 2.22. The van der Waals surface area contributed by atoms with Gasteiger partial charge in [-0.05, 0) is 37.7 Å². The van der Waals surface area contributed by atoms with Gasteiger partial charge in [0.25, 0.3) is 0 Å². The Morgan fingerprint density at radius 2 is 2.26 bits per heavy atom. The zero-order valence-corrected chi connectivity index (χ0v) is 12.3. The van der Waals surface area contributed by atoms with Gasteiger partial charge in [-0.25, -0.2) is 4.98 Å². The summed E-state index contributed by atoms with van der Waals surface area (Å²) in [5.41, 5.74) is 5.82. The van der Waals surface area contributed by atoms with Gasteiger partial charge in [0.1, 0.15) is 10.6 Å². The topological polar surface area (TPSA) is 63.8 Å². The highest BCUT2D eigenvalue weighted by atomic mass is 32.1. The molecule has 2 aromatic heterocycles. The quantitative estimate of drug-likeness (QED) is 0.901. The number of nitrogens with zero attached hydrogens (tertiary/aromatic N) is 2. The Labute approximate surface area is 117 Å². The average molecular weight is 276 g/mol. The molecule has 0 amide bonds. The predicted octanol–water partition coefficient (Wildman–Crippen LogP) is 3.44. The van der Waals surface area contributed by atoms with Crippen LogP contribution in [0.4, 0.5) is 11.8 Å². The Morgan fingerprint density at radius 1 is 1.42 bits per heavy atom. The van der Waals surface area contributed by atoms with Crippen molar-refractivity contribution in [2.45, 2.75) is 45.6 Å². The number of anilines is 2. The second-order valence-electron chi connectivity index (χ2n) is 5.47. The lowest BCUT2D eigenvalue weighted by Gasteiger charge is -2.14. The van der Waals surface area contributed by atoms with E-state index in [0.717, 1.165) is 28.4 Å². The SMILES string of the molecule is CCc1cc2c(NC3CCC(C)C3)nc(N)nc2s1. The third kappa shape index (κ3) is 2.52. The van der Waals surface area contributed by atoms with Crippen LogP contribution in [0, 0.1) is 5.92 Å². The summed E-state index contributed by atoms with van der Waals surface area (Å²) in [6.45, 7) is 4.47. The summed E-state index contributed by atoms with van der Waals surface area (Å²) < 4.78 is 0. The molecule has 1 aliphatic rings. The van der Waals surface area contributed by atoms with Crippen molar-refractivity contribution in [2.24, 2.45) is 5.92 Å². The minimum absolute atomic E-state index is 0.366. The van der Waals surface area contributed by atoms with Crippen LogP contribution < -0.4 is 11.1 Å². The zero-order chi connectivity index (χ0) is 13.4. The molecule has 19 heavy (non-hydrogen) atoms. The van der Waals surface area contributed by atoms with Crippen LogP contribution in [0.3, 0.4) is 0 Å². The van der Waals surface area contributed by atoms with Gasteiger partial charge in [-0.2, -0.15) is 4.98 Å². The fraction of sp³-hybridized carbons (Fsp3) is 0.571. The molecular formula is C14H20N4S. The van der Waals surface area contributed by atoms with Crippen LogP contribution in [-0.2, 0) is 6.42 Å². The first-order chi connectivity index (χ1) is 9.15. The van der Waals surface area contributed by atoms with E-state index < -0.39 is 0 Å². The van der Waals surface area contributed by atoms with Crippen molar-refractivity contribution in [3.8, 4) is 0 Å². The summed E-state index contributed by atoms with van der Waals surface area (Å²) >= 11 is 1.71. The minimum atomic E-state index is 0.366. The second-order valence-corrected chi connectivity index (χ2v) is 6.59. The first-order valence-electron chi connectivity index (χ1n) is 6.98. The summed E-state index contributed by atoms with van der Waals surface area (Å²) in [6.07, 6.45) is 4.76. The maximum absolute atomic E-state index is 5.82. The van der Waals surface area contributed by atoms with Crippen molar-refractivity contribution in [2.75, 3.05) is 11.1 Å². The van der Waals surface area contributed by atoms with Crippen LogP contribution in [-0.4, -0.2) is 16.0 Å². The van der Waals surface area contributed by atoms with Crippen LogP contribution in [0.1, 0.15) is 38.0 Å². The largest absolute Gasteiger partial charge is 0.368 e. The van der Waals surface area contributed by atoms with E-state index in [1.807, 2.05) is 0 Å². The van der Waals surface area contributed by atoms with Gasteiger partial charge < -0.3 is 11.1 Å². The molecule has 0 bridgehead atoms. The molecule has 102 valence electrons. The predicted molar refractivity (Wildman–Crippen MR) is 81.6 cm³/mol. The van der Waals surface area contributed by atoms with Crippen LogP contribution in [0.2, 0.25) is 0 Å². The highest BCUT2D eigenvalue weighted by Crippen LogP contribution is 2.33. The lowest BCUT2D eigenvalue weighted by Crippen LogP contribution is -2.17. The molecule has 0 radical (unpaired) electrons. The Balaban J connectivity index is 1.94. The van der Waals surface area contributed by atoms with E-state index in [2.05, 4.69) is 35.2 Å². The van der Waals surface area contributed by atoms with Gasteiger partial charge in [-0.1, -0.05) is 13.8 Å². The zero-order valence-electron chi connectivity index (χ0n) is 11.4. The molecule has 1 fully saturated rings. The standard InChI is InChI=1S/C14H20N4S/c1-3-10-7-11-12(16-9-5-4-8(2)6-9)17-14(15)18-13(11)19-10/h7-9H,3-6H2,1-2H3,(H3,15,16,17,18). The van der Waals surface area contributed by atoms with Crippen LogP contribution in [0.15, 0.2) is 6.07 Å². The van der Waals surface area contributed by atoms with E-state index in [1.54, 1.807) is 11.3 Å². The smallest absolute Gasteiger partial charge is 0.223 e. The number of aromatic nitrogens is 2. The molecule has 0 aromatic carbocycles. The number of hydrogen-bond donors (Lipinski definition) is 2. The maximum Gasteiger partial charge on any atom is 0.223 e. The van der Waals surface area contributed by atoms with Crippen molar-refractivity contribution < 1.29 is 0 Å². The van der Waals surface area contributed by atoms with E-state index >= 15 is 0 Å². The average Bonchev–Trinajstić information content (AvgIpc) is 2.95. The van der Waals surface area contributed by atoms with Crippen molar-refractivity contribution >= 4 is 33.3 Å². The van der Waals surface area contributed by atoms with Gasteiger partial charge in [0.2, 0.25) is 5.95 Å². The second kappa shape index (κ2) is 4.96. The molecule has 5 heteroatoms. The van der Waals surface area contributed by atoms with Gasteiger partial charge in [0.05, 0.1) is 5.39 Å². The lowest BCUT2D eigenvalue weighted by atomic mass is 10.1. The Hall–Kier alpha value is -1.36.